The Morgan fingerprint density at radius 3 is 2.69 bits per heavy atom. The van der Waals surface area contributed by atoms with Crippen molar-refractivity contribution in [3.05, 3.63) is 28.0 Å². The van der Waals surface area contributed by atoms with Crippen LogP contribution in [0.5, 0.6) is 0 Å². The number of rotatable bonds is 3. The van der Waals surface area contributed by atoms with E-state index in [1.807, 2.05) is 0 Å². The van der Waals surface area contributed by atoms with Crippen molar-refractivity contribution in [3.63, 3.8) is 0 Å². The first-order valence-corrected chi connectivity index (χ1v) is 5.04. The largest absolute Gasteiger partial charge is 0.465 e. The van der Waals surface area contributed by atoms with E-state index < -0.39 is 18.1 Å². The lowest BCUT2D eigenvalue weighted by molar-refractivity contribution is 0.0599. The average molecular weight is 270 g/mol. The molecule has 16 heavy (non-hydrogen) atoms. The molecule has 0 unspecified atom stereocenters. The summed E-state index contributed by atoms with van der Waals surface area (Å²) in [6.07, 6.45) is -2.77. The molecule has 88 valence electrons. The van der Waals surface area contributed by atoms with Crippen LogP contribution in [0.25, 0.3) is 0 Å². The van der Waals surface area contributed by atoms with Crippen LogP contribution in [0.15, 0.2) is 6.07 Å². The van der Waals surface area contributed by atoms with Crippen LogP contribution in [-0.2, 0) is 10.6 Å². The van der Waals surface area contributed by atoms with Crippen molar-refractivity contribution in [1.29, 1.82) is 0 Å². The highest BCUT2D eigenvalue weighted by atomic mass is 35.5. The summed E-state index contributed by atoms with van der Waals surface area (Å²) < 4.78 is 29.2. The van der Waals surface area contributed by atoms with Gasteiger partial charge in [-0.15, -0.1) is 11.6 Å². The number of halogens is 4. The molecule has 0 bridgehead atoms. The summed E-state index contributed by atoms with van der Waals surface area (Å²) in [6.45, 7) is 0. The maximum atomic E-state index is 12.4. The first-order valence-electron chi connectivity index (χ1n) is 4.13. The number of hydrogen-bond acceptors (Lipinski definition) is 3. The van der Waals surface area contributed by atoms with Crippen LogP contribution in [-0.4, -0.2) is 18.1 Å². The number of hydrogen-bond donors (Lipinski definition) is 0. The molecule has 0 saturated heterocycles. The Hall–Kier alpha value is -0.940. The molecule has 0 aliphatic carbocycles. The lowest BCUT2D eigenvalue weighted by Crippen LogP contribution is -2.09. The van der Waals surface area contributed by atoms with Crippen LogP contribution in [0.1, 0.15) is 28.0 Å². The number of pyridine rings is 1. The van der Waals surface area contributed by atoms with Crippen LogP contribution in [0.4, 0.5) is 8.78 Å². The van der Waals surface area contributed by atoms with E-state index in [0.717, 1.165) is 13.2 Å². The average Bonchev–Trinajstić information content (AvgIpc) is 2.26. The van der Waals surface area contributed by atoms with Crippen molar-refractivity contribution < 1.29 is 18.3 Å². The lowest BCUT2D eigenvalue weighted by Gasteiger charge is -2.09. The maximum Gasteiger partial charge on any atom is 0.341 e. The molecule has 0 aliphatic rings. The topological polar surface area (TPSA) is 39.2 Å². The van der Waals surface area contributed by atoms with Crippen LogP contribution in [0.3, 0.4) is 0 Å². The van der Waals surface area contributed by atoms with E-state index >= 15 is 0 Å². The van der Waals surface area contributed by atoms with E-state index in [0.29, 0.717) is 0 Å². The summed E-state index contributed by atoms with van der Waals surface area (Å²) in [4.78, 5) is 14.7. The summed E-state index contributed by atoms with van der Waals surface area (Å²) >= 11 is 11.2. The first-order chi connectivity index (χ1) is 7.51. The Morgan fingerprint density at radius 2 is 2.25 bits per heavy atom. The van der Waals surface area contributed by atoms with Crippen LogP contribution < -0.4 is 0 Å². The molecule has 1 aromatic heterocycles. The summed E-state index contributed by atoms with van der Waals surface area (Å²) in [5, 5.41) is -0.333. The number of ether oxygens (including phenoxy) is 1. The highest BCUT2D eigenvalue weighted by Crippen LogP contribution is 2.26. The quantitative estimate of drug-likeness (QED) is 0.481. The molecular formula is C9H7Cl2F2NO2. The van der Waals surface area contributed by atoms with Gasteiger partial charge in [0.25, 0.3) is 6.43 Å². The van der Waals surface area contributed by atoms with Crippen molar-refractivity contribution in [2.24, 2.45) is 0 Å². The van der Waals surface area contributed by atoms with Gasteiger partial charge in [-0.05, 0) is 11.6 Å². The van der Waals surface area contributed by atoms with Gasteiger partial charge < -0.3 is 4.74 Å². The Kier molecular flexibility index (Phi) is 4.44. The molecule has 0 radical (unpaired) electrons. The third-order valence-electron chi connectivity index (χ3n) is 1.83. The smallest absolute Gasteiger partial charge is 0.341 e. The fourth-order valence-corrected chi connectivity index (χ4v) is 1.63. The summed E-state index contributed by atoms with van der Waals surface area (Å²) in [7, 11) is 1.15. The van der Waals surface area contributed by atoms with Crippen molar-refractivity contribution in [3.8, 4) is 0 Å². The third kappa shape index (κ3) is 2.59. The monoisotopic (exact) mass is 269 g/mol. The molecule has 0 saturated carbocycles. The number of aromatic nitrogens is 1. The Labute approximate surface area is 100 Å². The van der Waals surface area contributed by atoms with Gasteiger partial charge in [0.1, 0.15) is 16.4 Å². The van der Waals surface area contributed by atoms with Gasteiger partial charge in [-0.25, -0.2) is 18.6 Å². The minimum absolute atomic E-state index is 0.0800. The molecule has 7 heteroatoms. The SMILES string of the molecule is COC(=O)c1c(CCl)cc(C(F)F)nc1Cl. The van der Waals surface area contributed by atoms with Gasteiger partial charge in [0.05, 0.1) is 7.11 Å². The van der Waals surface area contributed by atoms with Crippen molar-refractivity contribution >= 4 is 29.2 Å². The van der Waals surface area contributed by atoms with E-state index in [-0.39, 0.29) is 22.2 Å². The first kappa shape index (κ1) is 13.1. The maximum absolute atomic E-state index is 12.4. The second kappa shape index (κ2) is 5.41. The van der Waals surface area contributed by atoms with Gasteiger partial charge in [-0.1, -0.05) is 11.6 Å². The number of methoxy groups -OCH3 is 1. The molecule has 0 aliphatic heterocycles. The zero-order valence-corrected chi connectivity index (χ0v) is 9.65. The van der Waals surface area contributed by atoms with Crippen molar-refractivity contribution in [1.82, 2.24) is 4.98 Å². The Balaban J connectivity index is 3.34. The van der Waals surface area contributed by atoms with Crippen LogP contribution in [0, 0.1) is 0 Å². The third-order valence-corrected chi connectivity index (χ3v) is 2.40. The van der Waals surface area contributed by atoms with Crippen molar-refractivity contribution in [2.45, 2.75) is 12.3 Å². The molecule has 1 heterocycles. The Bertz CT molecular complexity index is 413. The highest BCUT2D eigenvalue weighted by molar-refractivity contribution is 6.32. The second-order valence-electron chi connectivity index (χ2n) is 2.80. The second-order valence-corrected chi connectivity index (χ2v) is 3.42. The minimum Gasteiger partial charge on any atom is -0.465 e. The number of carbonyl (C=O) groups is 1. The summed E-state index contributed by atoms with van der Waals surface area (Å²) in [6, 6.07) is 1.04. The predicted octanol–water partition coefficient (Wildman–Crippen LogP) is 3.20. The normalized spacial score (nSPS) is 10.6. The highest BCUT2D eigenvalue weighted by Gasteiger charge is 2.21. The minimum atomic E-state index is -2.77. The fourth-order valence-electron chi connectivity index (χ4n) is 1.12. The molecule has 0 aromatic carbocycles. The molecule has 3 nitrogen and oxygen atoms in total. The molecule has 1 rings (SSSR count). The predicted molar refractivity (Wildman–Crippen MR) is 55.1 cm³/mol. The number of alkyl halides is 3. The van der Waals surface area contributed by atoms with Gasteiger partial charge >= 0.3 is 5.97 Å². The molecule has 0 fully saturated rings. The van der Waals surface area contributed by atoms with E-state index in [4.69, 9.17) is 23.2 Å². The number of carbonyl (C=O) groups excluding carboxylic acids is 1. The molecule has 0 atom stereocenters. The van der Waals surface area contributed by atoms with Gasteiger partial charge in [-0.2, -0.15) is 0 Å². The lowest BCUT2D eigenvalue weighted by atomic mass is 10.1. The number of esters is 1. The summed E-state index contributed by atoms with van der Waals surface area (Å²) in [5.41, 5.74) is -0.430. The molecule has 1 aromatic rings. The van der Waals surface area contributed by atoms with Gasteiger partial charge in [0, 0.05) is 5.88 Å². The fraction of sp³-hybridized carbons (Fsp3) is 0.333. The molecular weight excluding hydrogens is 263 g/mol. The molecule has 0 amide bonds. The zero-order valence-electron chi connectivity index (χ0n) is 8.14. The molecule has 0 N–H and O–H groups in total. The zero-order chi connectivity index (χ0) is 12.3. The van der Waals surface area contributed by atoms with E-state index in [1.165, 1.54) is 0 Å². The van der Waals surface area contributed by atoms with E-state index in [1.54, 1.807) is 0 Å². The van der Waals surface area contributed by atoms with E-state index in [2.05, 4.69) is 9.72 Å². The Morgan fingerprint density at radius 1 is 1.62 bits per heavy atom. The van der Waals surface area contributed by atoms with Crippen molar-refractivity contribution in [2.75, 3.05) is 7.11 Å². The number of nitrogens with zero attached hydrogens (tertiary/aromatic N) is 1. The standard InChI is InChI=1S/C9H7Cl2F2NO2/c1-16-9(15)6-4(3-10)2-5(8(12)13)14-7(6)11/h2,8H,3H2,1H3. The summed E-state index contributed by atoms with van der Waals surface area (Å²) in [5.74, 6) is -0.888. The van der Waals surface area contributed by atoms with Gasteiger partial charge in [0.2, 0.25) is 0 Å². The van der Waals surface area contributed by atoms with Crippen LogP contribution >= 0.6 is 23.2 Å². The molecule has 0 spiro atoms. The van der Waals surface area contributed by atoms with E-state index in [9.17, 15) is 13.6 Å². The van der Waals surface area contributed by atoms with Crippen LogP contribution in [0.2, 0.25) is 5.15 Å². The van der Waals surface area contributed by atoms with Gasteiger partial charge in [-0.3, -0.25) is 0 Å². The van der Waals surface area contributed by atoms with Gasteiger partial charge in [0.15, 0.2) is 0 Å².